The molecule has 0 spiro atoms. The Morgan fingerprint density at radius 2 is 0.789 bits per heavy atom. The molecule has 0 heterocycles. The molecule has 220 valence electrons. The molecular weight excluding hydrogens is 506 g/mol. The molecule has 0 unspecified atom stereocenters. The highest BCUT2D eigenvalue weighted by molar-refractivity contribution is 5.35. The van der Waals surface area contributed by atoms with Gasteiger partial charge in [-0.2, -0.15) is 0 Å². The highest BCUT2D eigenvalue weighted by Crippen LogP contribution is 2.17. The first-order valence-electron chi connectivity index (χ1n) is 12.7. The zero-order chi connectivity index (χ0) is 27.4. The Labute approximate surface area is 224 Å². The van der Waals surface area contributed by atoms with Crippen molar-refractivity contribution in [1.29, 1.82) is 0 Å². The van der Waals surface area contributed by atoms with Gasteiger partial charge in [0.1, 0.15) is 12.4 Å². The van der Waals surface area contributed by atoms with Gasteiger partial charge in [-0.1, -0.05) is 0 Å². The summed E-state index contributed by atoms with van der Waals surface area (Å²) in [6, 6.07) is 5.91. The molecule has 0 fully saturated rings. The molecule has 0 radical (unpaired) electrons. The van der Waals surface area contributed by atoms with E-state index in [0.29, 0.717) is 125 Å². The number of hydrogen-bond acceptors (Lipinski definition) is 12. The third-order valence-electron chi connectivity index (χ3n) is 4.58. The Morgan fingerprint density at radius 1 is 0.500 bits per heavy atom. The molecule has 0 atom stereocenters. The van der Waals surface area contributed by atoms with Crippen LogP contribution in [0.3, 0.4) is 0 Å². The van der Waals surface area contributed by atoms with Crippen LogP contribution in [-0.2, 0) is 42.6 Å². The number of nitrogens with zero attached hydrogens (tertiary/aromatic N) is 1. The molecule has 1 aromatic rings. The maximum Gasteiger partial charge on any atom is 0.269 e. The fourth-order valence-electron chi connectivity index (χ4n) is 2.67. The van der Waals surface area contributed by atoms with Gasteiger partial charge < -0.3 is 47.4 Å². The third-order valence-corrected chi connectivity index (χ3v) is 4.58. The summed E-state index contributed by atoms with van der Waals surface area (Å²) in [7, 11) is 1.64. The summed E-state index contributed by atoms with van der Waals surface area (Å²) in [5.41, 5.74) is 0.0279. The lowest BCUT2D eigenvalue weighted by Crippen LogP contribution is -2.15. The standard InChI is InChI=1S/C25H43NO12/c1-29-6-7-30-8-9-31-10-11-32-12-13-33-14-15-34-16-17-35-18-19-36-20-21-37-22-23-38-25-4-2-24(3-5-25)26(27)28/h2-5H,6-23H2,1H3. The highest BCUT2D eigenvalue weighted by Gasteiger charge is 2.04. The van der Waals surface area contributed by atoms with E-state index in [1.165, 1.54) is 12.1 Å². The summed E-state index contributed by atoms with van der Waals surface area (Å²) in [5.74, 6) is 0.559. The van der Waals surface area contributed by atoms with E-state index in [4.69, 9.17) is 47.4 Å². The summed E-state index contributed by atoms with van der Waals surface area (Å²) < 4.78 is 53.6. The molecule has 1 aromatic carbocycles. The number of methoxy groups -OCH3 is 1. The second kappa shape index (κ2) is 26.7. The highest BCUT2D eigenvalue weighted by atomic mass is 16.6. The van der Waals surface area contributed by atoms with Gasteiger partial charge in [0.25, 0.3) is 5.69 Å². The van der Waals surface area contributed by atoms with Crippen LogP contribution in [0.5, 0.6) is 5.75 Å². The molecule has 0 amide bonds. The summed E-state index contributed by atoms with van der Waals surface area (Å²) >= 11 is 0. The Hall–Kier alpha value is -1.94. The molecule has 0 aliphatic carbocycles. The van der Waals surface area contributed by atoms with E-state index >= 15 is 0 Å². The number of nitro benzene ring substituents is 1. The van der Waals surface area contributed by atoms with Gasteiger partial charge in [-0.15, -0.1) is 0 Å². The number of nitro groups is 1. The van der Waals surface area contributed by atoms with Crippen LogP contribution in [0.1, 0.15) is 0 Å². The molecule has 13 nitrogen and oxygen atoms in total. The van der Waals surface area contributed by atoms with Crippen LogP contribution in [0.25, 0.3) is 0 Å². The van der Waals surface area contributed by atoms with Crippen LogP contribution >= 0.6 is 0 Å². The number of ether oxygens (including phenoxy) is 10. The first-order chi connectivity index (χ1) is 18.7. The van der Waals surface area contributed by atoms with Crippen molar-refractivity contribution in [2.24, 2.45) is 0 Å². The maximum absolute atomic E-state index is 10.6. The molecule has 13 heteroatoms. The van der Waals surface area contributed by atoms with Crippen molar-refractivity contribution >= 4 is 5.69 Å². The van der Waals surface area contributed by atoms with Gasteiger partial charge in [0.05, 0.1) is 117 Å². The summed E-state index contributed by atoms with van der Waals surface area (Å²) in [6.45, 7) is 8.89. The van der Waals surface area contributed by atoms with Gasteiger partial charge in [0.2, 0.25) is 0 Å². The number of rotatable bonds is 29. The molecule has 1 rings (SSSR count). The van der Waals surface area contributed by atoms with Gasteiger partial charge in [-0.05, 0) is 12.1 Å². The SMILES string of the molecule is COCCOCCOCCOCCOCCOCCOCCOCCOCCOc1ccc([N+](=O)[O-])cc1. The molecule has 0 saturated carbocycles. The van der Waals surface area contributed by atoms with E-state index in [0.717, 1.165) is 0 Å². The molecule has 0 aliphatic rings. The Balaban J connectivity index is 1.68. The number of non-ortho nitro benzene ring substituents is 1. The van der Waals surface area contributed by atoms with Gasteiger partial charge >= 0.3 is 0 Å². The van der Waals surface area contributed by atoms with E-state index in [1.54, 1.807) is 19.2 Å². The Kier molecular flexibility index (Phi) is 23.9. The van der Waals surface area contributed by atoms with Gasteiger partial charge in [-0.3, -0.25) is 10.1 Å². The lowest BCUT2D eigenvalue weighted by molar-refractivity contribution is -0.384. The third kappa shape index (κ3) is 22.1. The van der Waals surface area contributed by atoms with Gasteiger partial charge in [0, 0.05) is 19.2 Å². The summed E-state index contributed by atoms with van der Waals surface area (Å²) in [4.78, 5) is 10.2. The zero-order valence-corrected chi connectivity index (χ0v) is 22.4. The summed E-state index contributed by atoms with van der Waals surface area (Å²) in [6.07, 6.45) is 0. The predicted octanol–water partition coefficient (Wildman–Crippen LogP) is 1.75. The van der Waals surface area contributed by atoms with E-state index in [1.807, 2.05) is 0 Å². The fourth-order valence-corrected chi connectivity index (χ4v) is 2.67. The minimum absolute atomic E-state index is 0.0279. The van der Waals surface area contributed by atoms with E-state index < -0.39 is 4.92 Å². The van der Waals surface area contributed by atoms with Crippen LogP contribution in [0, 0.1) is 10.1 Å². The molecule has 0 bridgehead atoms. The normalized spacial score (nSPS) is 11.2. The predicted molar refractivity (Wildman–Crippen MR) is 137 cm³/mol. The smallest absolute Gasteiger partial charge is 0.269 e. The van der Waals surface area contributed by atoms with E-state index in [-0.39, 0.29) is 5.69 Å². The average molecular weight is 550 g/mol. The molecule has 0 saturated heterocycles. The fraction of sp³-hybridized carbons (Fsp3) is 0.760. The topological polar surface area (TPSA) is 135 Å². The van der Waals surface area contributed by atoms with E-state index in [2.05, 4.69) is 0 Å². The van der Waals surface area contributed by atoms with Gasteiger partial charge in [0.15, 0.2) is 0 Å². The van der Waals surface area contributed by atoms with Crippen molar-refractivity contribution in [2.75, 3.05) is 126 Å². The monoisotopic (exact) mass is 549 g/mol. The first-order valence-corrected chi connectivity index (χ1v) is 12.7. The minimum atomic E-state index is -0.452. The molecule has 38 heavy (non-hydrogen) atoms. The molecule has 0 N–H and O–H groups in total. The zero-order valence-electron chi connectivity index (χ0n) is 22.4. The van der Waals surface area contributed by atoms with Crippen LogP contribution in [-0.4, -0.2) is 131 Å². The Morgan fingerprint density at radius 3 is 1.08 bits per heavy atom. The summed E-state index contributed by atoms with van der Waals surface area (Å²) in [5, 5.41) is 10.6. The van der Waals surface area contributed by atoms with Crippen molar-refractivity contribution in [3.05, 3.63) is 34.4 Å². The van der Waals surface area contributed by atoms with Crippen LogP contribution in [0.2, 0.25) is 0 Å². The minimum Gasteiger partial charge on any atom is -0.491 e. The second-order valence-corrected chi connectivity index (χ2v) is 7.49. The van der Waals surface area contributed by atoms with Crippen LogP contribution in [0.15, 0.2) is 24.3 Å². The average Bonchev–Trinajstić information content (AvgIpc) is 2.93. The van der Waals surface area contributed by atoms with Crippen molar-refractivity contribution in [2.45, 2.75) is 0 Å². The van der Waals surface area contributed by atoms with Crippen LogP contribution in [0.4, 0.5) is 5.69 Å². The largest absolute Gasteiger partial charge is 0.491 e. The van der Waals surface area contributed by atoms with Gasteiger partial charge in [-0.25, -0.2) is 0 Å². The van der Waals surface area contributed by atoms with Crippen molar-refractivity contribution in [3.8, 4) is 5.75 Å². The van der Waals surface area contributed by atoms with E-state index in [9.17, 15) is 10.1 Å². The number of benzene rings is 1. The lowest BCUT2D eigenvalue weighted by Gasteiger charge is -2.09. The lowest BCUT2D eigenvalue weighted by atomic mass is 10.3. The number of hydrogen-bond donors (Lipinski definition) is 0. The van der Waals surface area contributed by atoms with Crippen molar-refractivity contribution < 1.29 is 52.3 Å². The molecule has 0 aliphatic heterocycles. The first kappa shape index (κ1) is 34.1. The molecule has 0 aromatic heterocycles. The Bertz CT molecular complexity index is 650. The van der Waals surface area contributed by atoms with Crippen molar-refractivity contribution in [3.63, 3.8) is 0 Å². The molecular formula is C25H43NO12. The quantitative estimate of drug-likeness (QED) is 0.0818. The second-order valence-electron chi connectivity index (χ2n) is 7.49. The van der Waals surface area contributed by atoms with Crippen LogP contribution < -0.4 is 4.74 Å². The maximum atomic E-state index is 10.6. The van der Waals surface area contributed by atoms with Crippen molar-refractivity contribution in [1.82, 2.24) is 0 Å².